The molecule has 3 atom stereocenters. The number of hydrogen-bond donors (Lipinski definition) is 1. The molecule has 3 rings (SSSR count). The third-order valence-corrected chi connectivity index (χ3v) is 6.64. The number of ether oxygens (including phenoxy) is 1. The summed E-state index contributed by atoms with van der Waals surface area (Å²) >= 11 is 0. The van der Waals surface area contributed by atoms with E-state index in [1.165, 1.54) is 19.2 Å². The Bertz CT molecular complexity index is 792. The quantitative estimate of drug-likeness (QED) is 0.908. The van der Waals surface area contributed by atoms with Crippen LogP contribution in [-0.4, -0.2) is 32.9 Å². The highest BCUT2D eigenvalue weighted by Gasteiger charge is 2.69. The molecule has 1 saturated carbocycles. The summed E-state index contributed by atoms with van der Waals surface area (Å²) in [6.07, 6.45) is 0. The molecule has 122 valence electrons. The summed E-state index contributed by atoms with van der Waals surface area (Å²) in [4.78, 5) is 0.237. The normalized spacial score (nSPS) is 26.9. The number of halogens is 1. The average molecular weight is 335 g/mol. The molecule has 6 heteroatoms. The number of nitrogens with two attached hydrogens (primary N) is 1. The van der Waals surface area contributed by atoms with Gasteiger partial charge in [0.2, 0.25) is 0 Å². The molecule has 0 bridgehead atoms. The minimum Gasteiger partial charge on any atom is -0.383 e. The zero-order valence-electron chi connectivity index (χ0n) is 12.6. The molecule has 1 fully saturated rings. The van der Waals surface area contributed by atoms with Gasteiger partial charge in [0, 0.05) is 13.0 Å². The Hall–Kier alpha value is -1.76. The summed E-state index contributed by atoms with van der Waals surface area (Å²) in [5.41, 5.74) is 6.03. The van der Waals surface area contributed by atoms with Gasteiger partial charge in [0.1, 0.15) is 5.82 Å². The molecule has 0 spiro atoms. The summed E-state index contributed by atoms with van der Waals surface area (Å²) in [7, 11) is -2.11. The summed E-state index contributed by atoms with van der Waals surface area (Å²) in [6.45, 7) is 0.117. The second kappa shape index (κ2) is 5.70. The van der Waals surface area contributed by atoms with Crippen molar-refractivity contribution in [3.05, 3.63) is 66.0 Å². The summed E-state index contributed by atoms with van der Waals surface area (Å²) in [5.74, 6) is -0.792. The minimum absolute atomic E-state index is 0.117. The van der Waals surface area contributed by atoms with E-state index in [2.05, 4.69) is 0 Å². The molecule has 2 aromatic carbocycles. The van der Waals surface area contributed by atoms with E-state index in [0.717, 1.165) is 0 Å². The fraction of sp³-hybridized carbons (Fsp3) is 0.294. The van der Waals surface area contributed by atoms with Gasteiger partial charge in [-0.1, -0.05) is 30.3 Å². The molecule has 0 unspecified atom stereocenters. The van der Waals surface area contributed by atoms with Crippen molar-refractivity contribution in [2.75, 3.05) is 13.7 Å². The first-order chi connectivity index (χ1) is 10.9. The summed E-state index contributed by atoms with van der Waals surface area (Å²) in [5, 5.41) is -0.789. The van der Waals surface area contributed by atoms with Crippen LogP contribution in [0.5, 0.6) is 0 Å². The smallest absolute Gasteiger partial charge is 0.183 e. The van der Waals surface area contributed by atoms with Crippen LogP contribution < -0.4 is 5.73 Å². The first kappa shape index (κ1) is 16.1. The molecule has 2 N–H and O–H groups in total. The molecule has 1 aliphatic carbocycles. The minimum atomic E-state index is -3.60. The molecule has 0 saturated heterocycles. The van der Waals surface area contributed by atoms with Crippen LogP contribution in [0.25, 0.3) is 0 Å². The Morgan fingerprint density at radius 2 is 1.74 bits per heavy atom. The standard InChI is InChI=1S/C17H18FNO3S/c1-22-11-17(19)15(12-7-9-13(18)10-8-12)16(17)23(20,21)14-5-3-2-4-6-14/h2-10,15-16H,11,19H2,1H3/t15-,16+,17+/m1/s1. The zero-order valence-corrected chi connectivity index (χ0v) is 13.5. The Kier molecular flexibility index (Phi) is 4.00. The van der Waals surface area contributed by atoms with Gasteiger partial charge >= 0.3 is 0 Å². The van der Waals surface area contributed by atoms with Crippen molar-refractivity contribution in [3.8, 4) is 0 Å². The molecule has 2 aromatic rings. The largest absolute Gasteiger partial charge is 0.383 e. The summed E-state index contributed by atoms with van der Waals surface area (Å²) < 4.78 is 44.1. The van der Waals surface area contributed by atoms with Crippen LogP contribution in [0.1, 0.15) is 11.5 Å². The van der Waals surface area contributed by atoms with E-state index in [0.29, 0.717) is 5.56 Å². The van der Waals surface area contributed by atoms with E-state index in [4.69, 9.17) is 10.5 Å². The van der Waals surface area contributed by atoms with Crippen LogP contribution in [0, 0.1) is 5.82 Å². The number of sulfone groups is 1. The van der Waals surface area contributed by atoms with Gasteiger partial charge in [0.25, 0.3) is 0 Å². The van der Waals surface area contributed by atoms with Crippen molar-refractivity contribution in [1.29, 1.82) is 0 Å². The van der Waals surface area contributed by atoms with Gasteiger partial charge in [-0.3, -0.25) is 0 Å². The van der Waals surface area contributed by atoms with Gasteiger partial charge in [-0.15, -0.1) is 0 Å². The number of rotatable bonds is 5. The van der Waals surface area contributed by atoms with Gasteiger partial charge in [-0.2, -0.15) is 0 Å². The van der Waals surface area contributed by atoms with E-state index >= 15 is 0 Å². The van der Waals surface area contributed by atoms with Crippen LogP contribution in [0.4, 0.5) is 4.39 Å². The predicted octanol–water partition coefficient (Wildman–Crippen LogP) is 2.11. The van der Waals surface area contributed by atoms with E-state index in [9.17, 15) is 12.8 Å². The highest BCUT2D eigenvalue weighted by Crippen LogP contribution is 2.55. The molecular formula is C17H18FNO3S. The first-order valence-corrected chi connectivity index (χ1v) is 8.78. The fourth-order valence-electron chi connectivity index (χ4n) is 3.22. The number of methoxy groups -OCH3 is 1. The SMILES string of the molecule is COC[C@]1(N)[C@H](c2ccc(F)cc2)[C@@H]1S(=O)(=O)c1ccccc1. The van der Waals surface area contributed by atoms with Crippen LogP contribution in [0.15, 0.2) is 59.5 Å². The van der Waals surface area contributed by atoms with Crippen molar-refractivity contribution < 1.29 is 17.5 Å². The highest BCUT2D eigenvalue weighted by atomic mass is 32.2. The lowest BCUT2D eigenvalue weighted by Crippen LogP contribution is -2.35. The van der Waals surface area contributed by atoms with Crippen LogP contribution in [0.3, 0.4) is 0 Å². The van der Waals surface area contributed by atoms with Gasteiger partial charge < -0.3 is 10.5 Å². The molecule has 1 aliphatic rings. The van der Waals surface area contributed by atoms with Gasteiger partial charge in [-0.05, 0) is 29.8 Å². The molecule has 0 heterocycles. The average Bonchev–Trinajstić information content (AvgIpc) is 3.15. The lowest BCUT2D eigenvalue weighted by molar-refractivity contribution is 0.171. The van der Waals surface area contributed by atoms with Gasteiger partial charge in [0.05, 0.1) is 22.3 Å². The van der Waals surface area contributed by atoms with Crippen molar-refractivity contribution in [3.63, 3.8) is 0 Å². The molecule has 23 heavy (non-hydrogen) atoms. The van der Waals surface area contributed by atoms with Crippen LogP contribution in [-0.2, 0) is 14.6 Å². The Morgan fingerprint density at radius 1 is 1.13 bits per heavy atom. The van der Waals surface area contributed by atoms with E-state index in [-0.39, 0.29) is 17.3 Å². The summed E-state index contributed by atoms with van der Waals surface area (Å²) in [6, 6.07) is 14.0. The van der Waals surface area contributed by atoms with Crippen LogP contribution >= 0.6 is 0 Å². The molecule has 0 radical (unpaired) electrons. The molecular weight excluding hydrogens is 317 g/mol. The van der Waals surface area contributed by atoms with Crippen molar-refractivity contribution >= 4 is 9.84 Å². The molecule has 0 amide bonds. The Morgan fingerprint density at radius 3 is 2.30 bits per heavy atom. The monoisotopic (exact) mass is 335 g/mol. The zero-order chi connectivity index (χ0) is 16.7. The van der Waals surface area contributed by atoms with E-state index < -0.39 is 26.5 Å². The second-order valence-electron chi connectivity index (χ2n) is 5.85. The third-order valence-electron chi connectivity index (χ3n) is 4.33. The van der Waals surface area contributed by atoms with Crippen molar-refractivity contribution in [2.24, 2.45) is 5.73 Å². The highest BCUT2D eigenvalue weighted by molar-refractivity contribution is 7.92. The lowest BCUT2D eigenvalue weighted by Gasteiger charge is -2.11. The number of hydrogen-bond acceptors (Lipinski definition) is 4. The lowest BCUT2D eigenvalue weighted by atomic mass is 10.1. The maximum atomic E-state index is 13.1. The molecule has 0 aromatic heterocycles. The topological polar surface area (TPSA) is 69.4 Å². The van der Waals surface area contributed by atoms with Crippen molar-refractivity contribution in [1.82, 2.24) is 0 Å². The third kappa shape index (κ3) is 2.67. The van der Waals surface area contributed by atoms with Gasteiger partial charge in [0.15, 0.2) is 9.84 Å². The maximum absolute atomic E-state index is 13.1. The predicted molar refractivity (Wildman–Crippen MR) is 85.4 cm³/mol. The molecule has 0 aliphatic heterocycles. The van der Waals surface area contributed by atoms with Crippen molar-refractivity contribution in [2.45, 2.75) is 21.6 Å². The van der Waals surface area contributed by atoms with Gasteiger partial charge in [-0.25, -0.2) is 12.8 Å². The fourth-order valence-corrected chi connectivity index (χ4v) is 5.54. The Balaban J connectivity index is 2.01. The van der Waals surface area contributed by atoms with E-state index in [1.54, 1.807) is 42.5 Å². The molecule has 4 nitrogen and oxygen atoms in total. The maximum Gasteiger partial charge on any atom is 0.183 e. The first-order valence-electron chi connectivity index (χ1n) is 7.23. The second-order valence-corrected chi connectivity index (χ2v) is 7.92. The Labute approximate surface area is 135 Å². The van der Waals surface area contributed by atoms with E-state index in [1.807, 2.05) is 0 Å². The van der Waals surface area contributed by atoms with Crippen LogP contribution in [0.2, 0.25) is 0 Å². The number of benzene rings is 2.